The van der Waals surface area contributed by atoms with Crippen molar-refractivity contribution in [2.24, 2.45) is 5.10 Å². The Hall–Kier alpha value is 0.420. The summed E-state index contributed by atoms with van der Waals surface area (Å²) in [4.78, 5) is 0. The third-order valence-corrected chi connectivity index (χ3v) is 3.73. The number of hydrogen-bond donors (Lipinski definition) is 1. The van der Waals surface area contributed by atoms with Gasteiger partial charge in [-0.3, -0.25) is 5.43 Å². The highest BCUT2D eigenvalue weighted by atomic mass is 79.9. The zero-order chi connectivity index (χ0) is 12.1. The van der Waals surface area contributed by atoms with Crippen LogP contribution in [-0.4, -0.2) is 5.17 Å². The van der Waals surface area contributed by atoms with E-state index >= 15 is 0 Å². The first-order valence-corrected chi connectivity index (χ1v) is 7.43. The summed E-state index contributed by atoms with van der Waals surface area (Å²) in [7, 11) is 0. The molecule has 0 amide bonds. The molecule has 0 aliphatic carbocycles. The summed E-state index contributed by atoms with van der Waals surface area (Å²) < 4.78 is 2.82. The minimum Gasteiger partial charge on any atom is -0.275 e. The number of halogens is 4. The van der Waals surface area contributed by atoms with Crippen molar-refractivity contribution >= 4 is 70.2 Å². The van der Waals surface area contributed by atoms with Crippen molar-refractivity contribution in [3.8, 4) is 0 Å². The van der Waals surface area contributed by atoms with Crippen LogP contribution in [0, 0.1) is 0 Å². The van der Waals surface area contributed by atoms with Crippen molar-refractivity contribution < 1.29 is 0 Å². The predicted octanol–water partition coefficient (Wildman–Crippen LogP) is 5.74. The maximum absolute atomic E-state index is 5.91. The summed E-state index contributed by atoms with van der Waals surface area (Å²) in [6, 6.07) is 3.88. The van der Waals surface area contributed by atoms with Gasteiger partial charge in [-0.25, -0.2) is 0 Å². The molecule has 0 radical (unpaired) electrons. The summed E-state index contributed by atoms with van der Waals surface area (Å²) in [5.41, 5.74) is 3.79. The third-order valence-electron chi connectivity index (χ3n) is 1.75. The van der Waals surface area contributed by atoms with Crippen molar-refractivity contribution in [3.05, 3.63) is 25.6 Å². The van der Waals surface area contributed by atoms with E-state index in [4.69, 9.17) is 11.6 Å². The normalized spacial score (nSPS) is 11.7. The first-order chi connectivity index (χ1) is 7.54. The molecule has 0 bridgehead atoms. The van der Waals surface area contributed by atoms with Crippen LogP contribution >= 0.6 is 59.4 Å². The molecule has 0 spiro atoms. The molecule has 0 aromatic heterocycles. The zero-order valence-corrected chi connectivity index (χ0v) is 14.0. The maximum Gasteiger partial charge on any atom is 0.126 e. The number of hydrazone groups is 1. The quantitative estimate of drug-likeness (QED) is 0.476. The highest BCUT2D eigenvalue weighted by Gasteiger charge is 2.06. The Morgan fingerprint density at radius 2 is 1.88 bits per heavy atom. The lowest BCUT2D eigenvalue weighted by Crippen LogP contribution is -1.96. The Morgan fingerprint density at radius 3 is 2.38 bits per heavy atom. The molecule has 88 valence electrons. The first kappa shape index (κ1) is 14.5. The molecule has 2 nitrogen and oxygen atoms in total. The van der Waals surface area contributed by atoms with Crippen molar-refractivity contribution in [1.29, 1.82) is 0 Å². The number of anilines is 1. The molecule has 0 saturated carbocycles. The van der Waals surface area contributed by atoms with Crippen LogP contribution < -0.4 is 5.43 Å². The molecule has 6 heteroatoms. The van der Waals surface area contributed by atoms with Crippen LogP contribution in [0.25, 0.3) is 0 Å². The average molecular weight is 433 g/mol. The van der Waals surface area contributed by atoms with E-state index in [-0.39, 0.29) is 0 Å². The minimum atomic E-state index is 0.573. The molecule has 1 aromatic carbocycles. The van der Waals surface area contributed by atoms with Crippen LogP contribution in [0.4, 0.5) is 5.69 Å². The van der Waals surface area contributed by atoms with E-state index in [0.717, 1.165) is 31.9 Å². The van der Waals surface area contributed by atoms with E-state index in [1.807, 2.05) is 12.1 Å². The van der Waals surface area contributed by atoms with E-state index in [2.05, 4.69) is 65.2 Å². The Kier molecular flexibility index (Phi) is 6.32. The van der Waals surface area contributed by atoms with E-state index in [1.165, 1.54) is 0 Å². The zero-order valence-electron chi connectivity index (χ0n) is 8.53. The Labute approximate surface area is 125 Å². The molecular weight excluding hydrogens is 423 g/mol. The topological polar surface area (TPSA) is 24.4 Å². The van der Waals surface area contributed by atoms with E-state index in [9.17, 15) is 0 Å². The van der Waals surface area contributed by atoms with Crippen LogP contribution in [0.3, 0.4) is 0 Å². The standard InChI is InChI=1S/C10H10Br3ClN2/c1-2-3-9(14)15-16-10-7(12)4-6(11)5-8(10)13/h4-5,16H,2-3H2,1H3. The predicted molar refractivity (Wildman–Crippen MR) is 81.4 cm³/mol. The molecule has 1 aromatic rings. The molecule has 0 heterocycles. The third kappa shape index (κ3) is 4.35. The summed E-state index contributed by atoms with van der Waals surface area (Å²) in [5, 5.41) is 4.67. The molecule has 0 atom stereocenters. The number of nitrogens with zero attached hydrogens (tertiary/aromatic N) is 1. The van der Waals surface area contributed by atoms with Gasteiger partial charge in [0.05, 0.1) is 5.69 Å². The van der Waals surface area contributed by atoms with Gasteiger partial charge >= 0.3 is 0 Å². The van der Waals surface area contributed by atoms with E-state index in [0.29, 0.717) is 5.17 Å². The number of hydrogen-bond acceptors (Lipinski definition) is 2. The van der Waals surface area contributed by atoms with Crippen LogP contribution in [0.5, 0.6) is 0 Å². The monoisotopic (exact) mass is 430 g/mol. The average Bonchev–Trinajstić information content (AvgIpc) is 2.16. The smallest absolute Gasteiger partial charge is 0.126 e. The number of nitrogens with one attached hydrogen (secondary N) is 1. The van der Waals surface area contributed by atoms with Crippen molar-refractivity contribution in [2.45, 2.75) is 19.8 Å². The van der Waals surface area contributed by atoms with Crippen molar-refractivity contribution in [3.63, 3.8) is 0 Å². The first-order valence-electron chi connectivity index (χ1n) is 4.67. The van der Waals surface area contributed by atoms with E-state index < -0.39 is 0 Å². The summed E-state index contributed by atoms with van der Waals surface area (Å²) in [6.07, 6.45) is 1.76. The lowest BCUT2D eigenvalue weighted by Gasteiger charge is -2.07. The van der Waals surface area contributed by atoms with Gasteiger partial charge in [-0.1, -0.05) is 34.5 Å². The van der Waals surface area contributed by atoms with Gasteiger partial charge in [0, 0.05) is 19.8 Å². The van der Waals surface area contributed by atoms with Gasteiger partial charge in [0.15, 0.2) is 0 Å². The Bertz CT molecular complexity index is 384. The molecule has 0 aliphatic rings. The number of benzene rings is 1. The minimum absolute atomic E-state index is 0.573. The summed E-state index contributed by atoms with van der Waals surface area (Å²) in [6.45, 7) is 2.06. The second-order valence-electron chi connectivity index (χ2n) is 3.09. The lowest BCUT2D eigenvalue weighted by atomic mass is 10.3. The summed E-state index contributed by atoms with van der Waals surface area (Å²) in [5.74, 6) is 0. The molecule has 1 rings (SSSR count). The lowest BCUT2D eigenvalue weighted by molar-refractivity contribution is 0.999. The van der Waals surface area contributed by atoms with Gasteiger partial charge in [-0.2, -0.15) is 5.10 Å². The fourth-order valence-corrected chi connectivity index (χ4v) is 3.70. The molecule has 0 unspecified atom stereocenters. The second kappa shape index (κ2) is 6.99. The van der Waals surface area contributed by atoms with Crippen molar-refractivity contribution in [1.82, 2.24) is 0 Å². The molecule has 0 saturated heterocycles. The molecule has 1 N–H and O–H groups in total. The highest BCUT2D eigenvalue weighted by molar-refractivity contribution is 9.11. The molecule has 0 aliphatic heterocycles. The van der Waals surface area contributed by atoms with Gasteiger partial charge in [0.1, 0.15) is 5.17 Å². The largest absolute Gasteiger partial charge is 0.275 e. The van der Waals surface area contributed by atoms with Crippen LogP contribution in [0.1, 0.15) is 19.8 Å². The van der Waals surface area contributed by atoms with Gasteiger partial charge in [0.2, 0.25) is 0 Å². The van der Waals surface area contributed by atoms with Gasteiger partial charge in [-0.15, -0.1) is 0 Å². The second-order valence-corrected chi connectivity index (χ2v) is 6.15. The fourth-order valence-electron chi connectivity index (χ4n) is 1.03. The van der Waals surface area contributed by atoms with Crippen LogP contribution in [0.15, 0.2) is 30.7 Å². The molecule has 16 heavy (non-hydrogen) atoms. The molecular formula is C10H10Br3ClN2. The summed E-state index contributed by atoms with van der Waals surface area (Å²) >= 11 is 16.2. The SMILES string of the molecule is CCCC(Cl)=NNc1c(Br)cc(Br)cc1Br. The van der Waals surface area contributed by atoms with E-state index in [1.54, 1.807) is 0 Å². The Morgan fingerprint density at radius 1 is 1.31 bits per heavy atom. The highest BCUT2D eigenvalue weighted by Crippen LogP contribution is 2.34. The van der Waals surface area contributed by atoms with Gasteiger partial charge in [0.25, 0.3) is 0 Å². The van der Waals surface area contributed by atoms with Crippen LogP contribution in [-0.2, 0) is 0 Å². The van der Waals surface area contributed by atoms with Gasteiger partial charge < -0.3 is 0 Å². The maximum atomic E-state index is 5.91. The Balaban J connectivity index is 2.85. The van der Waals surface area contributed by atoms with Gasteiger partial charge in [-0.05, 0) is 50.4 Å². The van der Waals surface area contributed by atoms with Crippen LogP contribution in [0.2, 0.25) is 0 Å². The fraction of sp³-hybridized carbons (Fsp3) is 0.300. The van der Waals surface area contributed by atoms with Crippen molar-refractivity contribution in [2.75, 3.05) is 5.43 Å². The number of rotatable bonds is 4. The molecule has 0 fully saturated rings.